The van der Waals surface area contributed by atoms with E-state index in [1.807, 2.05) is 49.6 Å². The van der Waals surface area contributed by atoms with Gasteiger partial charge in [-0.05, 0) is 43.7 Å². The Balaban J connectivity index is 1.41. The van der Waals surface area contributed by atoms with Crippen molar-refractivity contribution in [3.63, 3.8) is 0 Å². The summed E-state index contributed by atoms with van der Waals surface area (Å²) < 4.78 is 6.37. The van der Waals surface area contributed by atoms with Gasteiger partial charge in [-0.3, -0.25) is 14.4 Å². The highest BCUT2D eigenvalue weighted by molar-refractivity contribution is 7.98. The Morgan fingerprint density at radius 1 is 1.21 bits per heavy atom. The van der Waals surface area contributed by atoms with Crippen molar-refractivity contribution in [1.82, 2.24) is 10.2 Å². The van der Waals surface area contributed by atoms with E-state index in [9.17, 15) is 14.4 Å². The molecular formula is C26H33N3O4S. The van der Waals surface area contributed by atoms with Crippen molar-refractivity contribution in [2.45, 2.75) is 74.1 Å². The zero-order valence-electron chi connectivity index (χ0n) is 19.8. The van der Waals surface area contributed by atoms with Crippen molar-refractivity contribution in [2.24, 2.45) is 11.8 Å². The largest absolute Gasteiger partial charge is 0.359 e. The summed E-state index contributed by atoms with van der Waals surface area (Å²) in [6.07, 6.45) is 11.3. The van der Waals surface area contributed by atoms with Gasteiger partial charge in [0, 0.05) is 23.2 Å². The average molecular weight is 484 g/mol. The topological polar surface area (TPSA) is 87.7 Å². The molecule has 1 saturated carbocycles. The first-order valence-corrected chi connectivity index (χ1v) is 13.6. The number of hydrogen-bond donors (Lipinski definition) is 2. The van der Waals surface area contributed by atoms with E-state index in [1.165, 1.54) is 6.42 Å². The van der Waals surface area contributed by atoms with Crippen LogP contribution in [0.1, 0.15) is 45.4 Å². The smallest absolute Gasteiger partial charge is 0.246 e. The summed E-state index contributed by atoms with van der Waals surface area (Å²) in [6.45, 7) is 2.46. The lowest BCUT2D eigenvalue weighted by Crippen LogP contribution is -2.56. The van der Waals surface area contributed by atoms with Crippen LogP contribution in [-0.2, 0) is 19.1 Å². The number of carbonyl (C=O) groups is 3. The number of ether oxygens (including phenoxy) is 1. The van der Waals surface area contributed by atoms with Gasteiger partial charge in [0.05, 0.1) is 17.9 Å². The molecule has 1 aliphatic carbocycles. The van der Waals surface area contributed by atoms with Crippen molar-refractivity contribution >= 4 is 35.2 Å². The molecule has 8 heteroatoms. The average Bonchev–Trinajstić information content (AvgIpc) is 3.48. The van der Waals surface area contributed by atoms with E-state index in [0.717, 1.165) is 37.0 Å². The number of nitrogens with one attached hydrogen (secondary N) is 2. The Labute approximate surface area is 205 Å². The number of rotatable bonds is 7. The van der Waals surface area contributed by atoms with Crippen molar-refractivity contribution < 1.29 is 19.1 Å². The SMILES string of the molecule is CCCN1C(=O)[C@H]2[C@H](C(=O)Nc3cccc(SC)c3)[C@H]3C=C[C@@]2(O3)[C@H]1C(=O)NC1CCCCC1. The minimum absolute atomic E-state index is 0.140. The van der Waals surface area contributed by atoms with Crippen LogP contribution in [0.4, 0.5) is 5.69 Å². The van der Waals surface area contributed by atoms with Crippen molar-refractivity contribution in [3.05, 3.63) is 36.4 Å². The number of fused-ring (bicyclic) bond motifs is 1. The van der Waals surface area contributed by atoms with Crippen LogP contribution in [0.15, 0.2) is 41.3 Å². The van der Waals surface area contributed by atoms with E-state index in [-0.39, 0.29) is 23.8 Å². The highest BCUT2D eigenvalue weighted by Gasteiger charge is 2.72. The summed E-state index contributed by atoms with van der Waals surface area (Å²) >= 11 is 1.60. The number of anilines is 1. The Hall–Kier alpha value is -2.32. The first-order valence-electron chi connectivity index (χ1n) is 12.4. The number of nitrogens with zero attached hydrogens (tertiary/aromatic N) is 1. The molecule has 0 aromatic heterocycles. The van der Waals surface area contributed by atoms with E-state index in [0.29, 0.717) is 12.2 Å². The summed E-state index contributed by atoms with van der Waals surface area (Å²) in [5.74, 6) is -1.91. The van der Waals surface area contributed by atoms with Gasteiger partial charge in [-0.2, -0.15) is 0 Å². The lowest BCUT2D eigenvalue weighted by Gasteiger charge is -2.34. The fourth-order valence-electron chi connectivity index (χ4n) is 6.20. The van der Waals surface area contributed by atoms with Gasteiger partial charge in [-0.25, -0.2) is 0 Å². The minimum Gasteiger partial charge on any atom is -0.359 e. The number of benzene rings is 1. The molecule has 5 atom stereocenters. The number of likely N-dealkylation sites (tertiary alicyclic amines) is 1. The summed E-state index contributed by atoms with van der Waals surface area (Å²) in [7, 11) is 0. The van der Waals surface area contributed by atoms with E-state index < -0.39 is 29.6 Å². The standard InChI is InChI=1S/C26H33N3O4S/c1-3-14-29-22(24(31)27-16-8-5-4-6-9-16)26-13-12-19(33-26)20(21(26)25(29)32)23(30)28-17-10-7-11-18(15-17)34-2/h7,10-13,15-16,19-22H,3-6,8-9,14H2,1-2H3,(H,27,31)(H,28,30)/t19-,20-,21-,22-,26+/m1/s1. The van der Waals surface area contributed by atoms with Crippen LogP contribution in [0.3, 0.4) is 0 Å². The van der Waals surface area contributed by atoms with Gasteiger partial charge in [0.25, 0.3) is 0 Å². The number of thioether (sulfide) groups is 1. The van der Waals surface area contributed by atoms with Gasteiger partial charge in [-0.15, -0.1) is 11.8 Å². The van der Waals surface area contributed by atoms with Crippen LogP contribution in [0, 0.1) is 11.8 Å². The van der Waals surface area contributed by atoms with Crippen LogP contribution >= 0.6 is 11.8 Å². The van der Waals surface area contributed by atoms with E-state index >= 15 is 0 Å². The minimum atomic E-state index is -1.08. The highest BCUT2D eigenvalue weighted by atomic mass is 32.2. The molecule has 3 aliphatic heterocycles. The number of carbonyl (C=O) groups excluding carboxylic acids is 3. The highest BCUT2D eigenvalue weighted by Crippen LogP contribution is 2.55. The molecule has 34 heavy (non-hydrogen) atoms. The second-order valence-corrected chi connectivity index (χ2v) is 10.7. The molecule has 2 N–H and O–H groups in total. The summed E-state index contributed by atoms with van der Waals surface area (Å²) in [4.78, 5) is 43.4. The van der Waals surface area contributed by atoms with Gasteiger partial charge >= 0.3 is 0 Å². The lowest BCUT2D eigenvalue weighted by atomic mass is 9.74. The normalized spacial score (nSPS) is 32.2. The fourth-order valence-corrected chi connectivity index (χ4v) is 6.66. The molecular weight excluding hydrogens is 450 g/mol. The molecule has 2 bridgehead atoms. The maximum Gasteiger partial charge on any atom is 0.246 e. The third-order valence-corrected chi connectivity index (χ3v) is 8.40. The molecule has 0 radical (unpaired) electrons. The zero-order valence-corrected chi connectivity index (χ0v) is 20.6. The molecule has 1 aromatic rings. The molecule has 182 valence electrons. The molecule has 3 heterocycles. The number of amides is 3. The van der Waals surface area contributed by atoms with Crippen LogP contribution < -0.4 is 10.6 Å². The monoisotopic (exact) mass is 483 g/mol. The Morgan fingerprint density at radius 2 is 2.00 bits per heavy atom. The van der Waals surface area contributed by atoms with E-state index in [4.69, 9.17) is 4.74 Å². The molecule has 1 spiro atoms. The van der Waals surface area contributed by atoms with E-state index in [1.54, 1.807) is 16.7 Å². The zero-order chi connectivity index (χ0) is 23.9. The summed E-state index contributed by atoms with van der Waals surface area (Å²) in [6, 6.07) is 7.04. The molecule has 1 aromatic carbocycles. The van der Waals surface area contributed by atoms with Gasteiger partial charge in [0.2, 0.25) is 17.7 Å². The van der Waals surface area contributed by atoms with Gasteiger partial charge < -0.3 is 20.3 Å². The predicted octanol–water partition coefficient (Wildman–Crippen LogP) is 3.36. The predicted molar refractivity (Wildman–Crippen MR) is 131 cm³/mol. The maximum absolute atomic E-state index is 13.7. The van der Waals surface area contributed by atoms with Crippen molar-refractivity contribution in [3.8, 4) is 0 Å². The maximum atomic E-state index is 13.7. The first-order chi connectivity index (χ1) is 16.5. The molecule has 7 nitrogen and oxygen atoms in total. The Morgan fingerprint density at radius 3 is 2.74 bits per heavy atom. The first kappa shape index (κ1) is 23.4. The molecule has 3 amide bonds. The van der Waals surface area contributed by atoms with Gasteiger partial charge in [0.1, 0.15) is 11.6 Å². The second-order valence-electron chi connectivity index (χ2n) is 9.80. The van der Waals surface area contributed by atoms with Crippen molar-refractivity contribution in [2.75, 3.05) is 18.1 Å². The summed E-state index contributed by atoms with van der Waals surface area (Å²) in [5.41, 5.74) is -0.390. The van der Waals surface area contributed by atoms with E-state index in [2.05, 4.69) is 10.6 Å². The fraction of sp³-hybridized carbons (Fsp3) is 0.577. The Bertz CT molecular complexity index is 1010. The third kappa shape index (κ3) is 3.85. The lowest BCUT2D eigenvalue weighted by molar-refractivity contribution is -0.141. The quantitative estimate of drug-likeness (QED) is 0.459. The molecule has 0 unspecified atom stereocenters. The molecule has 3 fully saturated rings. The third-order valence-electron chi connectivity index (χ3n) is 7.68. The van der Waals surface area contributed by atoms with Crippen molar-refractivity contribution in [1.29, 1.82) is 0 Å². The van der Waals surface area contributed by atoms with Gasteiger partial charge in [-0.1, -0.05) is 44.4 Å². The number of hydrogen-bond acceptors (Lipinski definition) is 5. The summed E-state index contributed by atoms with van der Waals surface area (Å²) in [5, 5.41) is 6.20. The van der Waals surface area contributed by atoms with Crippen LogP contribution in [-0.4, -0.2) is 59.2 Å². The second kappa shape index (κ2) is 9.38. The van der Waals surface area contributed by atoms with Crippen LogP contribution in [0.5, 0.6) is 0 Å². The van der Waals surface area contributed by atoms with Gasteiger partial charge in [0.15, 0.2) is 0 Å². The van der Waals surface area contributed by atoms with Crippen LogP contribution in [0.25, 0.3) is 0 Å². The Kier molecular flexibility index (Phi) is 6.46. The molecule has 2 saturated heterocycles. The molecule has 5 rings (SSSR count). The van der Waals surface area contributed by atoms with Crippen LogP contribution in [0.2, 0.25) is 0 Å². The molecule has 4 aliphatic rings.